The highest BCUT2D eigenvalue weighted by atomic mass is 19.1. The summed E-state index contributed by atoms with van der Waals surface area (Å²) in [5, 5.41) is 2.65. The van der Waals surface area contributed by atoms with Crippen LogP contribution in [0.5, 0.6) is 0 Å². The van der Waals surface area contributed by atoms with Gasteiger partial charge in [0.15, 0.2) is 6.61 Å². The quantitative estimate of drug-likeness (QED) is 0.827. The maximum absolute atomic E-state index is 12.9. The van der Waals surface area contributed by atoms with Gasteiger partial charge < -0.3 is 10.1 Å². The molecule has 5 heteroatoms. The fraction of sp³-hybridized carbons (Fsp3) is 0.333. The lowest BCUT2D eigenvalue weighted by Gasteiger charge is -2.17. The summed E-state index contributed by atoms with van der Waals surface area (Å²) in [5.41, 5.74) is 6.32. The van der Waals surface area contributed by atoms with Crippen molar-refractivity contribution in [3.63, 3.8) is 0 Å². The van der Waals surface area contributed by atoms with Crippen molar-refractivity contribution in [1.29, 1.82) is 0 Å². The molecule has 0 saturated carbocycles. The van der Waals surface area contributed by atoms with Crippen LogP contribution in [0.2, 0.25) is 0 Å². The molecule has 0 aromatic heterocycles. The Morgan fingerprint density at radius 1 is 0.885 bits per heavy atom. The van der Waals surface area contributed by atoms with Crippen molar-refractivity contribution < 1.29 is 18.7 Å². The normalized spacial score (nSPS) is 10.5. The van der Waals surface area contributed by atoms with Crippen LogP contribution in [0.4, 0.5) is 4.39 Å². The number of ether oxygens (including phenoxy) is 1. The van der Waals surface area contributed by atoms with Crippen molar-refractivity contribution in [2.24, 2.45) is 0 Å². The molecule has 0 radical (unpaired) electrons. The zero-order chi connectivity index (χ0) is 19.4. The lowest BCUT2D eigenvalue weighted by Crippen LogP contribution is -2.28. The number of hydrogen-bond donors (Lipinski definition) is 1. The second kappa shape index (κ2) is 8.13. The molecule has 0 saturated heterocycles. The third kappa shape index (κ3) is 4.28. The summed E-state index contributed by atoms with van der Waals surface area (Å²) in [4.78, 5) is 24.4. The second-order valence-electron chi connectivity index (χ2n) is 6.48. The summed E-state index contributed by atoms with van der Waals surface area (Å²) < 4.78 is 18.1. The maximum Gasteiger partial charge on any atom is 0.339 e. The van der Waals surface area contributed by atoms with Crippen molar-refractivity contribution in [1.82, 2.24) is 5.32 Å². The Morgan fingerprint density at radius 3 is 1.92 bits per heavy atom. The number of amides is 1. The Labute approximate surface area is 153 Å². The lowest BCUT2D eigenvalue weighted by atomic mass is 9.90. The van der Waals surface area contributed by atoms with Crippen molar-refractivity contribution in [2.75, 3.05) is 6.61 Å². The topological polar surface area (TPSA) is 55.4 Å². The van der Waals surface area contributed by atoms with E-state index >= 15 is 0 Å². The third-order valence-corrected chi connectivity index (χ3v) is 4.94. The lowest BCUT2D eigenvalue weighted by molar-refractivity contribution is -0.124. The van der Waals surface area contributed by atoms with Crippen LogP contribution in [0.15, 0.2) is 24.3 Å². The molecular formula is C21H24FNO3. The minimum Gasteiger partial charge on any atom is -0.452 e. The van der Waals surface area contributed by atoms with Crippen LogP contribution in [-0.2, 0) is 16.1 Å². The summed E-state index contributed by atoms with van der Waals surface area (Å²) in [6, 6.07) is 5.84. The molecule has 0 fully saturated rings. The van der Waals surface area contributed by atoms with Gasteiger partial charge in [-0.25, -0.2) is 9.18 Å². The van der Waals surface area contributed by atoms with Gasteiger partial charge in [0.05, 0.1) is 5.56 Å². The first kappa shape index (κ1) is 19.6. The Hall–Kier alpha value is -2.69. The molecule has 0 spiro atoms. The van der Waals surface area contributed by atoms with E-state index in [9.17, 15) is 14.0 Å². The van der Waals surface area contributed by atoms with E-state index in [1.54, 1.807) is 12.1 Å². The summed E-state index contributed by atoms with van der Waals surface area (Å²) in [5.74, 6) is -1.23. The average Bonchev–Trinajstić information content (AvgIpc) is 2.62. The molecule has 26 heavy (non-hydrogen) atoms. The van der Waals surface area contributed by atoms with Crippen molar-refractivity contribution in [2.45, 2.75) is 41.2 Å². The predicted octanol–water partition coefficient (Wildman–Crippen LogP) is 3.84. The molecule has 0 bridgehead atoms. The number of nitrogens with one attached hydrogen (secondary N) is 1. The van der Waals surface area contributed by atoms with Gasteiger partial charge in [-0.15, -0.1) is 0 Å². The van der Waals surface area contributed by atoms with Gasteiger partial charge in [-0.3, -0.25) is 4.79 Å². The third-order valence-electron chi connectivity index (χ3n) is 4.94. The summed E-state index contributed by atoms with van der Waals surface area (Å²) in [6.45, 7) is 9.65. The van der Waals surface area contributed by atoms with E-state index in [1.165, 1.54) is 12.1 Å². The largest absolute Gasteiger partial charge is 0.452 e. The zero-order valence-electron chi connectivity index (χ0n) is 15.8. The number of rotatable bonds is 5. The predicted molar refractivity (Wildman–Crippen MR) is 98.7 cm³/mol. The van der Waals surface area contributed by atoms with Crippen LogP contribution in [0.25, 0.3) is 0 Å². The molecule has 1 N–H and O–H groups in total. The molecule has 1 amide bonds. The Bertz CT molecular complexity index is 812. The van der Waals surface area contributed by atoms with Crippen LogP contribution < -0.4 is 5.32 Å². The molecule has 0 heterocycles. The van der Waals surface area contributed by atoms with Gasteiger partial charge in [0.25, 0.3) is 5.91 Å². The molecule has 2 rings (SSSR count). The molecule has 0 aliphatic carbocycles. The fourth-order valence-electron chi connectivity index (χ4n) is 2.86. The van der Waals surface area contributed by atoms with E-state index in [2.05, 4.69) is 5.32 Å². The molecule has 2 aromatic rings. The summed E-state index contributed by atoms with van der Waals surface area (Å²) in [6.07, 6.45) is 0. The van der Waals surface area contributed by atoms with Gasteiger partial charge in [0.2, 0.25) is 0 Å². The Kier molecular flexibility index (Phi) is 6.14. The summed E-state index contributed by atoms with van der Waals surface area (Å²) >= 11 is 0. The van der Waals surface area contributed by atoms with Gasteiger partial charge in [-0.1, -0.05) is 12.1 Å². The standard InChI is InChI=1S/C21H24FNO3/c1-12-13(2)15(4)20(16(5)14(12)3)21(25)26-11-19(24)23-10-17-6-8-18(22)9-7-17/h6-9H,10-11H2,1-5H3,(H,23,24). The SMILES string of the molecule is Cc1c(C)c(C)c(C(=O)OCC(=O)NCc2ccc(F)cc2)c(C)c1C. The van der Waals surface area contributed by atoms with Crippen molar-refractivity contribution in [3.05, 3.63) is 69.0 Å². The number of halogens is 1. The van der Waals surface area contributed by atoms with E-state index in [0.717, 1.165) is 33.4 Å². The van der Waals surface area contributed by atoms with Gasteiger partial charge in [-0.2, -0.15) is 0 Å². The number of hydrogen-bond acceptors (Lipinski definition) is 3. The first-order valence-corrected chi connectivity index (χ1v) is 8.47. The first-order valence-electron chi connectivity index (χ1n) is 8.47. The fourth-order valence-corrected chi connectivity index (χ4v) is 2.86. The molecule has 0 aliphatic heterocycles. The van der Waals surface area contributed by atoms with Crippen LogP contribution >= 0.6 is 0 Å². The molecule has 0 unspecified atom stereocenters. The van der Waals surface area contributed by atoms with Crippen LogP contribution in [0.3, 0.4) is 0 Å². The van der Waals surface area contributed by atoms with E-state index in [-0.39, 0.29) is 19.0 Å². The van der Waals surface area contributed by atoms with Crippen LogP contribution in [0, 0.1) is 40.4 Å². The maximum atomic E-state index is 12.9. The molecule has 4 nitrogen and oxygen atoms in total. The smallest absolute Gasteiger partial charge is 0.339 e. The molecule has 2 aromatic carbocycles. The van der Waals surface area contributed by atoms with Gasteiger partial charge in [-0.05, 0) is 80.1 Å². The van der Waals surface area contributed by atoms with Gasteiger partial charge >= 0.3 is 5.97 Å². The van der Waals surface area contributed by atoms with Gasteiger partial charge in [0.1, 0.15) is 5.82 Å². The summed E-state index contributed by atoms with van der Waals surface area (Å²) in [7, 11) is 0. The monoisotopic (exact) mass is 357 g/mol. The van der Waals surface area contributed by atoms with E-state index in [0.29, 0.717) is 5.56 Å². The molecule has 0 aliphatic rings. The van der Waals surface area contributed by atoms with Crippen molar-refractivity contribution >= 4 is 11.9 Å². The first-order chi connectivity index (χ1) is 12.2. The second-order valence-corrected chi connectivity index (χ2v) is 6.48. The van der Waals surface area contributed by atoms with Crippen LogP contribution in [0.1, 0.15) is 43.7 Å². The molecular weight excluding hydrogens is 333 g/mol. The highest BCUT2D eigenvalue weighted by molar-refractivity contribution is 5.95. The molecule has 138 valence electrons. The number of benzene rings is 2. The van der Waals surface area contributed by atoms with Crippen LogP contribution in [-0.4, -0.2) is 18.5 Å². The van der Waals surface area contributed by atoms with Gasteiger partial charge in [0, 0.05) is 6.54 Å². The highest BCUT2D eigenvalue weighted by Gasteiger charge is 2.20. The van der Waals surface area contributed by atoms with Crippen molar-refractivity contribution in [3.8, 4) is 0 Å². The number of carbonyl (C=O) groups is 2. The van der Waals surface area contributed by atoms with E-state index in [1.807, 2.05) is 34.6 Å². The highest BCUT2D eigenvalue weighted by Crippen LogP contribution is 2.26. The van der Waals surface area contributed by atoms with E-state index in [4.69, 9.17) is 4.74 Å². The Balaban J connectivity index is 1.98. The number of esters is 1. The zero-order valence-corrected chi connectivity index (χ0v) is 15.8. The minimum absolute atomic E-state index is 0.247. The average molecular weight is 357 g/mol. The van der Waals surface area contributed by atoms with E-state index < -0.39 is 11.9 Å². The Morgan fingerprint density at radius 2 is 1.38 bits per heavy atom. The number of carbonyl (C=O) groups excluding carboxylic acids is 2. The molecule has 0 atom stereocenters. The minimum atomic E-state index is -0.497.